The third kappa shape index (κ3) is 8.82. The van der Waals surface area contributed by atoms with Gasteiger partial charge in [0.05, 0.1) is 0 Å². The van der Waals surface area contributed by atoms with Gasteiger partial charge in [-0.3, -0.25) is 0 Å². The average Bonchev–Trinajstić information content (AvgIpc) is 0. The van der Waals surface area contributed by atoms with E-state index < -0.39 is 0 Å². The van der Waals surface area contributed by atoms with Crippen molar-refractivity contribution in [1.29, 1.82) is 0 Å². The molecule has 0 rings (SSSR count). The summed E-state index contributed by atoms with van der Waals surface area (Å²) in [5.41, 5.74) is 0. The van der Waals surface area contributed by atoms with Crippen LogP contribution in [0.5, 0.6) is 0 Å². The molecule has 0 aliphatic rings. The van der Waals surface area contributed by atoms with Gasteiger partial charge in [0.2, 0.25) is 0 Å². The molecule has 0 aliphatic carbocycles. The minimum atomic E-state index is 0. The zero-order chi connectivity index (χ0) is 0. The van der Waals surface area contributed by atoms with Gasteiger partial charge in [0.25, 0.3) is 0 Å². The van der Waals surface area contributed by atoms with Crippen molar-refractivity contribution in [2.75, 3.05) is 0 Å². The van der Waals surface area contributed by atoms with Crippen molar-refractivity contribution in [3.8, 4) is 0 Å². The first-order valence-corrected chi connectivity index (χ1v) is 0. The van der Waals surface area contributed by atoms with E-state index in [1.165, 1.54) is 0 Å². The smallest absolute Gasteiger partial charge is 1.00 e. The number of halogens is 3. The van der Waals surface area contributed by atoms with Crippen LogP contribution in [-0.2, 0) is 0 Å². The summed E-state index contributed by atoms with van der Waals surface area (Å²) >= 11 is 0. The maximum Gasteiger partial charge on any atom is 1.00 e. The van der Waals surface area contributed by atoms with Gasteiger partial charge in [0.1, 0.15) is 0 Å². The van der Waals surface area contributed by atoms with Crippen LogP contribution in [0.1, 0.15) is 0 Å². The molecule has 0 aliphatic heterocycles. The average molecular weight is 145 g/mol. The Morgan fingerprint density at radius 1 is 0.750 bits per heavy atom. The second-order valence-corrected chi connectivity index (χ2v) is 0. The van der Waals surface area contributed by atoms with Crippen LogP contribution >= 0.6 is 0 Å². The van der Waals surface area contributed by atoms with Gasteiger partial charge in [-0.1, -0.05) is 0 Å². The Morgan fingerprint density at radius 2 is 0.750 bits per heavy atom. The van der Waals surface area contributed by atoms with Gasteiger partial charge in [0.15, 0.2) is 0 Å². The third-order valence-corrected chi connectivity index (χ3v) is 0. The van der Waals surface area contributed by atoms with Crippen molar-refractivity contribution >= 4 is 0 Å². The van der Waals surface area contributed by atoms with Gasteiger partial charge in [0, 0.05) is 0 Å². The van der Waals surface area contributed by atoms with Gasteiger partial charge in [-0.15, -0.1) is 0 Å². The van der Waals surface area contributed by atoms with Crippen LogP contribution in [0.4, 0.5) is 0 Å². The summed E-state index contributed by atoms with van der Waals surface area (Å²) in [6.45, 7) is 0. The van der Waals surface area contributed by atoms with Crippen molar-refractivity contribution in [2.24, 2.45) is 0 Å². The van der Waals surface area contributed by atoms with Crippen molar-refractivity contribution in [3.05, 3.63) is 0 Å². The Morgan fingerprint density at radius 3 is 0.750 bits per heavy atom. The first-order chi connectivity index (χ1) is 0. The molecule has 0 atom stereocenters. The molecule has 0 fully saturated rings. The standard InChI is InChI=1S/2ClH.Cl.K/h2*1H;;/q;;2*+1/p-2. The Bertz CT molecular complexity index is 3.25. The van der Waals surface area contributed by atoms with Crippen LogP contribution in [0, 0.1) is 12.4 Å². The van der Waals surface area contributed by atoms with E-state index >= 15 is 0 Å². The summed E-state index contributed by atoms with van der Waals surface area (Å²) < 4.78 is 0. The van der Waals surface area contributed by atoms with Crippen LogP contribution in [0.25, 0.3) is 0 Å². The van der Waals surface area contributed by atoms with Gasteiger partial charge >= 0.3 is 63.8 Å². The summed E-state index contributed by atoms with van der Waals surface area (Å²) in [5, 5.41) is 0. The first-order valence-electron chi connectivity index (χ1n) is 0. The van der Waals surface area contributed by atoms with E-state index in [0.717, 1.165) is 0 Å². The van der Waals surface area contributed by atoms with Crippen LogP contribution < -0.4 is 76.2 Å². The molecule has 0 aromatic heterocycles. The molecule has 0 bridgehead atoms. The molecule has 0 aromatic rings. The molecule has 0 spiro atoms. The zero-order valence-corrected chi connectivity index (χ0v) is 7.52. The molecule has 0 amide bonds. The maximum absolute atomic E-state index is 0. The molecule has 0 saturated carbocycles. The maximum atomic E-state index is 0. The predicted molar refractivity (Wildman–Crippen MR) is 0 cm³/mol. The topological polar surface area (TPSA) is 0 Å². The first kappa shape index (κ1) is 31.4. The van der Waals surface area contributed by atoms with Crippen LogP contribution in [-0.4, -0.2) is 0 Å². The third-order valence-electron chi connectivity index (χ3n) is 0. The minimum absolute atomic E-state index is 0. The van der Waals surface area contributed by atoms with E-state index in [-0.39, 0.29) is 88.6 Å². The van der Waals surface area contributed by atoms with Crippen LogP contribution in [0.2, 0.25) is 0 Å². The van der Waals surface area contributed by atoms with Gasteiger partial charge in [-0.05, 0) is 0 Å². The van der Waals surface area contributed by atoms with Crippen molar-refractivity contribution < 1.29 is 88.6 Å². The summed E-state index contributed by atoms with van der Waals surface area (Å²) in [7, 11) is 0. The van der Waals surface area contributed by atoms with E-state index in [1.54, 1.807) is 0 Å². The molecule has 0 N–H and O–H groups in total. The Labute approximate surface area is 86.8 Å². The molecule has 0 aromatic carbocycles. The van der Waals surface area contributed by atoms with Crippen molar-refractivity contribution in [1.82, 2.24) is 0 Å². The number of hydrogen-bond donors (Lipinski definition) is 0. The molecule has 0 unspecified atom stereocenters. The van der Waals surface area contributed by atoms with Crippen LogP contribution in [0.3, 0.4) is 0 Å². The Hall–Kier alpha value is 2.51. The molecule has 22 valence electrons. The van der Waals surface area contributed by atoms with Gasteiger partial charge < -0.3 is 24.8 Å². The predicted octanol–water partition coefficient (Wildman–Crippen LogP) is -8.99. The SMILES string of the molecule is [Cl+].[Cl-].[Cl-].[K+]. The molecule has 4 heteroatoms. The van der Waals surface area contributed by atoms with E-state index in [2.05, 4.69) is 0 Å². The molecule has 4 heavy (non-hydrogen) atoms. The van der Waals surface area contributed by atoms with E-state index in [9.17, 15) is 0 Å². The molecule has 0 nitrogen and oxygen atoms in total. The van der Waals surface area contributed by atoms with Crippen molar-refractivity contribution in [3.63, 3.8) is 0 Å². The molecular weight excluding hydrogens is 145 g/mol. The second kappa shape index (κ2) is 17.8. The Balaban J connectivity index is 0. The van der Waals surface area contributed by atoms with E-state index in [0.29, 0.717) is 0 Å². The summed E-state index contributed by atoms with van der Waals surface area (Å²) in [5.74, 6) is 0. The molecular formula is Cl3K. The number of hydrogen-bond acceptors (Lipinski definition) is 0. The summed E-state index contributed by atoms with van der Waals surface area (Å²) in [6, 6.07) is 0. The molecule has 0 heterocycles. The quantitative estimate of drug-likeness (QED) is 0.297. The largest absolute Gasteiger partial charge is 1.00 e. The fourth-order valence-electron chi connectivity index (χ4n) is 0. The van der Waals surface area contributed by atoms with E-state index in [1.807, 2.05) is 0 Å². The van der Waals surface area contributed by atoms with Crippen molar-refractivity contribution in [2.45, 2.75) is 0 Å². The van der Waals surface area contributed by atoms with Gasteiger partial charge in [-0.2, -0.15) is 0 Å². The number of rotatable bonds is 0. The monoisotopic (exact) mass is 144 g/mol. The summed E-state index contributed by atoms with van der Waals surface area (Å²) in [4.78, 5) is 0. The Kier molecular flexibility index (Phi) is 140. The molecule has 2 radical (unpaired) electrons. The fourth-order valence-corrected chi connectivity index (χ4v) is 0. The van der Waals surface area contributed by atoms with E-state index in [4.69, 9.17) is 0 Å². The minimum Gasteiger partial charge on any atom is -1.00 e. The molecule has 0 saturated heterocycles. The summed E-state index contributed by atoms with van der Waals surface area (Å²) in [6.07, 6.45) is 0. The van der Waals surface area contributed by atoms with Gasteiger partial charge in [-0.25, -0.2) is 0 Å². The second-order valence-electron chi connectivity index (χ2n) is 0. The fraction of sp³-hybridized carbons (Fsp3) is 0. The van der Waals surface area contributed by atoms with Crippen LogP contribution in [0.15, 0.2) is 0 Å². The normalized spacial score (nSPS) is 0. The zero-order valence-electron chi connectivity index (χ0n) is 2.13.